The van der Waals surface area contributed by atoms with Crippen LogP contribution in [0, 0.1) is 28.6 Å². The van der Waals surface area contributed by atoms with Gasteiger partial charge in [0.25, 0.3) is 0 Å². The molecular weight excluding hydrogens is 371 g/mol. The first-order valence-electron chi connectivity index (χ1n) is 11.0. The molecule has 7 atom stereocenters. The molecule has 0 heterocycles. The quantitative estimate of drug-likeness (QED) is 0.700. The fourth-order valence-electron chi connectivity index (χ4n) is 6.58. The monoisotopic (exact) mass is 406 g/mol. The van der Waals surface area contributed by atoms with Crippen molar-refractivity contribution >= 4 is 11.6 Å². The second-order valence-electron chi connectivity index (χ2n) is 9.89. The number of carbonyl (C=O) groups is 2. The van der Waals surface area contributed by atoms with Gasteiger partial charge in [-0.05, 0) is 68.9 Å². The van der Waals surface area contributed by atoms with E-state index in [2.05, 4.69) is 0 Å². The molecule has 0 bridgehead atoms. The minimum absolute atomic E-state index is 0.0457. The smallest absolute Gasteiger partial charge is 0.178 e. The summed E-state index contributed by atoms with van der Waals surface area (Å²) < 4.78 is 16.1. The van der Waals surface area contributed by atoms with Gasteiger partial charge in [-0.3, -0.25) is 9.59 Å². The number of allylic oxidation sites excluding steroid dienone is 4. The summed E-state index contributed by atoms with van der Waals surface area (Å²) >= 11 is 0. The van der Waals surface area contributed by atoms with Crippen LogP contribution in [0.3, 0.4) is 0 Å². The van der Waals surface area contributed by atoms with E-state index >= 15 is 4.39 Å². The normalized spacial score (nSPS) is 44.5. The fraction of sp³-hybridized carbons (Fsp3) is 0.750. The minimum atomic E-state index is -1.52. The van der Waals surface area contributed by atoms with Crippen molar-refractivity contribution in [1.29, 1.82) is 0 Å². The van der Waals surface area contributed by atoms with Crippen LogP contribution in [-0.4, -0.2) is 40.2 Å². The number of alkyl halides is 1. The van der Waals surface area contributed by atoms with Crippen LogP contribution in [-0.2, 0) is 9.59 Å². The van der Waals surface area contributed by atoms with Crippen molar-refractivity contribution in [2.75, 3.05) is 6.61 Å². The van der Waals surface area contributed by atoms with E-state index in [0.717, 1.165) is 5.57 Å². The van der Waals surface area contributed by atoms with Crippen molar-refractivity contribution in [3.05, 3.63) is 23.8 Å². The molecule has 2 N–H and O–H groups in total. The number of aliphatic hydroxyl groups is 2. The molecule has 0 saturated heterocycles. The third-order valence-corrected chi connectivity index (χ3v) is 8.29. The summed E-state index contributed by atoms with van der Waals surface area (Å²) in [6, 6.07) is 0. The lowest BCUT2D eigenvalue weighted by Gasteiger charge is -2.52. The van der Waals surface area contributed by atoms with Gasteiger partial charge in [0.2, 0.25) is 0 Å². The highest BCUT2D eigenvalue weighted by molar-refractivity contribution is 6.01. The van der Waals surface area contributed by atoms with E-state index < -0.39 is 22.6 Å². The molecule has 0 aromatic carbocycles. The summed E-state index contributed by atoms with van der Waals surface area (Å²) in [5, 5.41) is 21.2. The Morgan fingerprint density at radius 2 is 2.03 bits per heavy atom. The van der Waals surface area contributed by atoms with Gasteiger partial charge >= 0.3 is 0 Å². The number of Topliss-reactive ketones (excluding diaryl/α,β-unsaturated/α-hetero) is 1. The van der Waals surface area contributed by atoms with Gasteiger partial charge in [0.1, 0.15) is 11.8 Å². The lowest BCUT2D eigenvalue weighted by Crippen LogP contribution is -2.55. The Kier molecular flexibility index (Phi) is 5.96. The first-order valence-corrected chi connectivity index (χ1v) is 11.0. The molecule has 0 aromatic rings. The molecule has 0 aromatic heterocycles. The first-order chi connectivity index (χ1) is 13.5. The van der Waals surface area contributed by atoms with Crippen LogP contribution in [0.25, 0.3) is 0 Å². The van der Waals surface area contributed by atoms with Crippen LogP contribution in [0.2, 0.25) is 0 Å². The van der Waals surface area contributed by atoms with E-state index in [0.29, 0.717) is 32.1 Å². The number of fused-ring (bicyclic) bond motifs is 1. The standard InChI is InChI=1S/C24H35FO4/c1-5-6-20(28)24(29)10-8-18(23(24,4)11-12-26)17-13-15(2)19-14-16(27)7-9-22(19,3)21(17)25/h7,9,14-15,17-18,21,26,29H,5-6,8,10-13H2,1-4H3. The minimum Gasteiger partial charge on any atom is -0.396 e. The van der Waals surface area contributed by atoms with E-state index in [4.69, 9.17) is 0 Å². The maximum Gasteiger partial charge on any atom is 0.178 e. The zero-order valence-electron chi connectivity index (χ0n) is 18.1. The largest absolute Gasteiger partial charge is 0.396 e. The van der Waals surface area contributed by atoms with E-state index in [1.165, 1.54) is 6.08 Å². The number of rotatable bonds is 6. The summed E-state index contributed by atoms with van der Waals surface area (Å²) in [5.41, 5.74) is -2.39. The summed E-state index contributed by atoms with van der Waals surface area (Å²) in [7, 11) is 0. The Balaban J connectivity index is 1.99. The number of halogens is 1. The second-order valence-corrected chi connectivity index (χ2v) is 9.89. The Morgan fingerprint density at radius 1 is 1.34 bits per heavy atom. The number of hydrogen-bond donors (Lipinski definition) is 2. The molecule has 0 aliphatic heterocycles. The van der Waals surface area contributed by atoms with Gasteiger partial charge in [0.15, 0.2) is 11.6 Å². The highest BCUT2D eigenvalue weighted by Crippen LogP contribution is 2.62. The van der Waals surface area contributed by atoms with Crippen molar-refractivity contribution in [1.82, 2.24) is 0 Å². The molecule has 29 heavy (non-hydrogen) atoms. The summed E-state index contributed by atoms with van der Waals surface area (Å²) in [6.45, 7) is 7.50. The number of aliphatic hydroxyl groups excluding tert-OH is 1. The Hall–Kier alpha value is -1.33. The van der Waals surface area contributed by atoms with Gasteiger partial charge in [-0.1, -0.05) is 32.4 Å². The third kappa shape index (κ3) is 3.25. The highest BCUT2D eigenvalue weighted by atomic mass is 19.1. The summed E-state index contributed by atoms with van der Waals surface area (Å²) in [5.74, 6) is -0.787. The molecule has 0 amide bonds. The SMILES string of the molecule is CCCC(=O)C1(O)CCC(C2CC(C)C3=CC(=O)C=CC3(C)C2F)C1(C)CCO. The van der Waals surface area contributed by atoms with Crippen molar-refractivity contribution in [2.45, 2.75) is 78.0 Å². The van der Waals surface area contributed by atoms with Gasteiger partial charge in [0, 0.05) is 23.9 Å². The molecule has 162 valence electrons. The van der Waals surface area contributed by atoms with Gasteiger partial charge in [0.05, 0.1) is 0 Å². The lowest BCUT2D eigenvalue weighted by molar-refractivity contribution is -0.156. The second kappa shape index (κ2) is 7.73. The summed E-state index contributed by atoms with van der Waals surface area (Å²) in [6.07, 6.45) is 6.20. The number of carbonyl (C=O) groups excluding carboxylic acids is 2. The zero-order chi connectivity index (χ0) is 21.6. The molecule has 3 aliphatic carbocycles. The van der Waals surface area contributed by atoms with E-state index in [1.54, 1.807) is 12.2 Å². The molecule has 2 saturated carbocycles. The third-order valence-electron chi connectivity index (χ3n) is 8.29. The van der Waals surface area contributed by atoms with Crippen molar-refractivity contribution in [2.24, 2.45) is 28.6 Å². The predicted molar refractivity (Wildman–Crippen MR) is 110 cm³/mol. The molecule has 0 radical (unpaired) electrons. The van der Waals surface area contributed by atoms with Crippen molar-refractivity contribution in [3.8, 4) is 0 Å². The molecule has 3 aliphatic rings. The van der Waals surface area contributed by atoms with E-state index in [9.17, 15) is 19.8 Å². The molecule has 5 heteroatoms. The van der Waals surface area contributed by atoms with Gasteiger partial charge in [-0.2, -0.15) is 0 Å². The molecular formula is C24H35FO4. The lowest BCUT2D eigenvalue weighted by atomic mass is 9.54. The highest BCUT2D eigenvalue weighted by Gasteiger charge is 2.64. The van der Waals surface area contributed by atoms with Crippen LogP contribution in [0.1, 0.15) is 66.2 Å². The first kappa shape index (κ1) is 22.4. The Labute approximate surface area is 173 Å². The van der Waals surface area contributed by atoms with Crippen LogP contribution >= 0.6 is 0 Å². The zero-order valence-corrected chi connectivity index (χ0v) is 18.1. The van der Waals surface area contributed by atoms with Gasteiger partial charge in [-0.25, -0.2) is 4.39 Å². The van der Waals surface area contributed by atoms with Crippen LogP contribution < -0.4 is 0 Å². The predicted octanol–water partition coefficient (Wildman–Crippen LogP) is 3.95. The maximum absolute atomic E-state index is 16.1. The number of hydrogen-bond acceptors (Lipinski definition) is 4. The van der Waals surface area contributed by atoms with Gasteiger partial charge < -0.3 is 10.2 Å². The maximum atomic E-state index is 16.1. The van der Waals surface area contributed by atoms with E-state index in [-0.39, 0.29) is 42.3 Å². The topological polar surface area (TPSA) is 74.6 Å². The van der Waals surface area contributed by atoms with Gasteiger partial charge in [-0.15, -0.1) is 0 Å². The van der Waals surface area contributed by atoms with Crippen molar-refractivity contribution < 1.29 is 24.2 Å². The van der Waals surface area contributed by atoms with Crippen LogP contribution in [0.15, 0.2) is 23.8 Å². The van der Waals surface area contributed by atoms with Crippen LogP contribution in [0.4, 0.5) is 4.39 Å². The number of ketones is 2. The molecule has 4 nitrogen and oxygen atoms in total. The van der Waals surface area contributed by atoms with E-state index in [1.807, 2.05) is 27.7 Å². The Morgan fingerprint density at radius 3 is 2.66 bits per heavy atom. The molecule has 0 spiro atoms. The molecule has 7 unspecified atom stereocenters. The van der Waals surface area contributed by atoms with Crippen molar-refractivity contribution in [3.63, 3.8) is 0 Å². The van der Waals surface area contributed by atoms with Crippen LogP contribution in [0.5, 0.6) is 0 Å². The average molecular weight is 407 g/mol. The molecule has 3 rings (SSSR count). The molecule has 2 fully saturated rings. The fourth-order valence-corrected chi connectivity index (χ4v) is 6.58. The summed E-state index contributed by atoms with van der Waals surface area (Å²) in [4.78, 5) is 24.8. The Bertz CT molecular complexity index is 743. The average Bonchev–Trinajstić information content (AvgIpc) is 2.93.